The summed E-state index contributed by atoms with van der Waals surface area (Å²) in [5.74, 6) is 2.31. The second kappa shape index (κ2) is 10.7. The van der Waals surface area contributed by atoms with Gasteiger partial charge in [-0.2, -0.15) is 0 Å². The number of aryl methyl sites for hydroxylation is 1. The fourth-order valence-electron chi connectivity index (χ4n) is 5.32. The van der Waals surface area contributed by atoms with Gasteiger partial charge >= 0.3 is 0 Å². The van der Waals surface area contributed by atoms with Crippen LogP contribution in [0.3, 0.4) is 0 Å². The highest BCUT2D eigenvalue weighted by Gasteiger charge is 2.42. The number of halogens is 2. The van der Waals surface area contributed by atoms with Crippen LogP contribution in [0.1, 0.15) is 48.4 Å². The van der Waals surface area contributed by atoms with E-state index in [9.17, 15) is 4.79 Å². The molecule has 4 aromatic rings. The molecule has 0 radical (unpaired) electrons. The average Bonchev–Trinajstić information content (AvgIpc) is 3.59. The first-order chi connectivity index (χ1) is 19.3. The number of alkyl halides is 1. The normalized spacial score (nSPS) is 15.5. The van der Waals surface area contributed by atoms with E-state index in [-0.39, 0.29) is 16.9 Å². The number of aromatic amines is 2. The molecule has 3 heterocycles. The van der Waals surface area contributed by atoms with Crippen molar-refractivity contribution in [2.24, 2.45) is 0 Å². The van der Waals surface area contributed by atoms with Gasteiger partial charge in [-0.25, -0.2) is 0 Å². The second-order valence-corrected chi connectivity index (χ2v) is 18.5. The Labute approximate surface area is 263 Å². The quantitative estimate of drug-likeness (QED) is 0.113. The number of hydrogen-bond donors (Lipinski definition) is 2. The highest BCUT2D eigenvalue weighted by molar-refractivity contribution is 14.1. The summed E-state index contributed by atoms with van der Waals surface area (Å²) in [6.45, 7) is 13.8. The smallest absolute Gasteiger partial charge is 0.274 e. The monoisotopic (exact) mass is 753 g/mol. The molecule has 2 N–H and O–H groups in total. The summed E-state index contributed by atoms with van der Waals surface area (Å²) >= 11 is 6.16. The van der Waals surface area contributed by atoms with Gasteiger partial charge in [-0.05, 0) is 65.3 Å². The molecule has 1 unspecified atom stereocenters. The van der Waals surface area contributed by atoms with Gasteiger partial charge in [0.05, 0.1) is 38.1 Å². The van der Waals surface area contributed by atoms with Gasteiger partial charge in [0, 0.05) is 43.9 Å². The first-order valence-electron chi connectivity index (χ1n) is 13.5. The van der Waals surface area contributed by atoms with Gasteiger partial charge in [0.15, 0.2) is 11.5 Å². The van der Waals surface area contributed by atoms with Crippen molar-refractivity contribution < 1.29 is 23.4 Å². The number of amides is 1. The van der Waals surface area contributed by atoms with E-state index in [0.717, 1.165) is 42.3 Å². The third-order valence-electron chi connectivity index (χ3n) is 8.53. The maximum absolute atomic E-state index is 14.3. The number of carbonyl (C=O) groups is 1. The molecule has 1 atom stereocenters. The van der Waals surface area contributed by atoms with Crippen molar-refractivity contribution in [2.45, 2.75) is 51.7 Å². The van der Waals surface area contributed by atoms with Crippen LogP contribution in [0.2, 0.25) is 18.1 Å². The number of ether oxygens (including phenoxy) is 3. The highest BCUT2D eigenvalue weighted by Crippen LogP contribution is 2.50. The number of anilines is 1. The van der Waals surface area contributed by atoms with E-state index in [4.69, 9.17) is 18.6 Å². The van der Waals surface area contributed by atoms with Crippen molar-refractivity contribution in [3.8, 4) is 23.0 Å². The van der Waals surface area contributed by atoms with Crippen LogP contribution in [0, 0.1) is 10.5 Å². The number of nitrogens with one attached hydrogen (secondary N) is 2. The maximum Gasteiger partial charge on any atom is 0.274 e. The molecule has 0 bridgehead atoms. The lowest BCUT2D eigenvalue weighted by molar-refractivity contribution is 0.0984. The molecule has 1 aliphatic heterocycles. The van der Waals surface area contributed by atoms with Crippen LogP contribution >= 0.6 is 38.5 Å². The fourth-order valence-corrected chi connectivity index (χ4v) is 7.56. The predicted octanol–water partition coefficient (Wildman–Crippen LogP) is 8.11. The Morgan fingerprint density at radius 1 is 1.05 bits per heavy atom. The number of H-pyrrole nitrogens is 2. The van der Waals surface area contributed by atoms with Gasteiger partial charge in [0.2, 0.25) is 5.75 Å². The molecule has 0 spiro atoms. The Hall–Kier alpha value is -2.38. The Morgan fingerprint density at radius 3 is 2.32 bits per heavy atom. The zero-order valence-electron chi connectivity index (χ0n) is 25.0. The molecule has 11 heteroatoms. The number of fused-ring (bicyclic) bond motifs is 4. The molecule has 2 aromatic carbocycles. The molecule has 0 aliphatic carbocycles. The molecule has 1 aliphatic rings. The Morgan fingerprint density at radius 2 is 1.73 bits per heavy atom. The van der Waals surface area contributed by atoms with E-state index in [1.807, 2.05) is 17.0 Å². The molecule has 8 nitrogen and oxygen atoms in total. The average molecular weight is 755 g/mol. The van der Waals surface area contributed by atoms with Gasteiger partial charge < -0.3 is 33.5 Å². The summed E-state index contributed by atoms with van der Waals surface area (Å²) in [7, 11) is 2.55. The number of carbonyl (C=O) groups excluding carboxylic acids is 1. The standard InChI is InChI=1S/C30H37BrIN3O5Si/c1-15-24(32)23-22-17(13-31)14-35(19(22)12-20(26(23)33-15)40-41(8,9)30(2,3)4)29(36)18-10-16-11-21(37-5)27(38-6)28(39-7)25(16)34-18/h10-12,17,33-34H,13-14H2,1-9H3. The summed E-state index contributed by atoms with van der Waals surface area (Å²) in [6, 6.07) is 5.77. The number of aromatic nitrogens is 2. The van der Waals surface area contributed by atoms with Crippen molar-refractivity contribution in [3.05, 3.63) is 38.7 Å². The van der Waals surface area contributed by atoms with Crippen LogP contribution in [-0.2, 0) is 0 Å². The van der Waals surface area contributed by atoms with Crippen LogP contribution < -0.4 is 23.5 Å². The minimum Gasteiger partial charge on any atom is -0.542 e. The zero-order valence-corrected chi connectivity index (χ0v) is 29.7. The number of methoxy groups -OCH3 is 3. The van der Waals surface area contributed by atoms with E-state index in [2.05, 4.69) is 95.3 Å². The molecule has 2 aromatic heterocycles. The number of benzene rings is 2. The number of nitrogens with zero attached hydrogens (tertiary/aromatic N) is 1. The van der Waals surface area contributed by atoms with Gasteiger partial charge in [-0.3, -0.25) is 4.79 Å². The SMILES string of the molecule is COc1cc2cc(C(=O)N3CC(CBr)c4c3cc(O[Si](C)(C)C(C)(C)C)c3[nH]c(C)c(I)c43)[nH]c2c(OC)c1OC. The molecule has 0 saturated heterocycles. The summed E-state index contributed by atoms with van der Waals surface area (Å²) < 4.78 is 24.8. The van der Waals surface area contributed by atoms with Crippen LogP contribution in [0.15, 0.2) is 18.2 Å². The first kappa shape index (κ1) is 30.1. The van der Waals surface area contributed by atoms with Gasteiger partial charge in [-0.15, -0.1) is 0 Å². The van der Waals surface area contributed by atoms with Crippen molar-refractivity contribution in [2.75, 3.05) is 38.1 Å². The lowest BCUT2D eigenvalue weighted by Gasteiger charge is -2.36. The van der Waals surface area contributed by atoms with Gasteiger partial charge in [0.1, 0.15) is 11.4 Å². The van der Waals surface area contributed by atoms with Crippen LogP contribution in [0.25, 0.3) is 21.8 Å². The van der Waals surface area contributed by atoms with Crippen molar-refractivity contribution >= 4 is 80.2 Å². The second-order valence-electron chi connectivity index (χ2n) is 12.0. The summed E-state index contributed by atoms with van der Waals surface area (Å²) in [5, 5.41) is 2.69. The minimum atomic E-state index is -2.17. The summed E-state index contributed by atoms with van der Waals surface area (Å²) in [6.07, 6.45) is 0. The number of rotatable bonds is 7. The molecule has 41 heavy (non-hydrogen) atoms. The number of hydrogen-bond acceptors (Lipinski definition) is 5. The van der Waals surface area contributed by atoms with E-state index in [1.54, 1.807) is 21.3 Å². The van der Waals surface area contributed by atoms with E-state index >= 15 is 0 Å². The topological polar surface area (TPSA) is 88.8 Å². The van der Waals surface area contributed by atoms with Crippen molar-refractivity contribution in [3.63, 3.8) is 0 Å². The lowest BCUT2D eigenvalue weighted by Crippen LogP contribution is -2.44. The molecular formula is C30H37BrIN3O5Si. The lowest BCUT2D eigenvalue weighted by atomic mass is 9.99. The molecule has 1 amide bonds. The maximum atomic E-state index is 14.3. The Balaban J connectivity index is 1.68. The van der Waals surface area contributed by atoms with Gasteiger partial charge in [0.25, 0.3) is 14.2 Å². The first-order valence-corrected chi connectivity index (χ1v) is 18.6. The highest BCUT2D eigenvalue weighted by atomic mass is 127. The van der Waals surface area contributed by atoms with Gasteiger partial charge in [-0.1, -0.05) is 36.7 Å². The third-order valence-corrected chi connectivity index (χ3v) is 15.0. The minimum absolute atomic E-state index is 0.0204. The summed E-state index contributed by atoms with van der Waals surface area (Å²) in [5.41, 5.74) is 5.29. The Bertz CT molecular complexity index is 1670. The summed E-state index contributed by atoms with van der Waals surface area (Å²) in [4.78, 5) is 23.1. The molecular weight excluding hydrogens is 717 g/mol. The predicted molar refractivity (Wildman–Crippen MR) is 180 cm³/mol. The third kappa shape index (κ3) is 4.81. The van der Waals surface area contributed by atoms with Crippen molar-refractivity contribution in [1.29, 1.82) is 0 Å². The fraction of sp³-hybridized carbons (Fsp3) is 0.433. The molecule has 5 rings (SSSR count). The van der Waals surface area contributed by atoms with Crippen LogP contribution in [-0.4, -0.2) is 57.4 Å². The van der Waals surface area contributed by atoms with Crippen molar-refractivity contribution in [1.82, 2.24) is 9.97 Å². The van der Waals surface area contributed by atoms with E-state index < -0.39 is 8.32 Å². The van der Waals surface area contributed by atoms with Crippen LogP contribution in [0.4, 0.5) is 5.69 Å². The van der Waals surface area contributed by atoms with E-state index in [0.29, 0.717) is 35.0 Å². The Kier molecular flexibility index (Phi) is 7.86. The zero-order chi connectivity index (χ0) is 30.0. The molecule has 0 saturated carbocycles. The largest absolute Gasteiger partial charge is 0.542 e. The molecule has 0 fully saturated rings. The van der Waals surface area contributed by atoms with Crippen LogP contribution in [0.5, 0.6) is 23.0 Å². The van der Waals surface area contributed by atoms with E-state index in [1.165, 1.54) is 5.56 Å². The molecule has 220 valence electrons.